The zero-order valence-corrected chi connectivity index (χ0v) is 12.2. The highest BCUT2D eigenvalue weighted by Crippen LogP contribution is 2.36. The first-order valence-corrected chi connectivity index (χ1v) is 7.06. The maximum Gasteiger partial charge on any atom is 0.166 e. The normalized spacial score (nSPS) is 15.9. The molecule has 3 nitrogen and oxygen atoms in total. The van der Waals surface area contributed by atoms with Gasteiger partial charge in [-0.05, 0) is 34.5 Å². The number of ketones is 1. The van der Waals surface area contributed by atoms with Gasteiger partial charge in [-0.25, -0.2) is 0 Å². The van der Waals surface area contributed by atoms with Crippen LogP contribution in [-0.4, -0.2) is 19.0 Å². The summed E-state index contributed by atoms with van der Waals surface area (Å²) in [7, 11) is 0. The van der Waals surface area contributed by atoms with Gasteiger partial charge >= 0.3 is 0 Å². The zero-order chi connectivity index (χ0) is 13.1. The second-order valence-corrected chi connectivity index (χ2v) is 5.36. The van der Waals surface area contributed by atoms with Crippen LogP contribution in [0.5, 0.6) is 11.5 Å². The van der Waals surface area contributed by atoms with E-state index in [9.17, 15) is 4.79 Å². The Kier molecular flexibility index (Phi) is 4.27. The second-order valence-electron chi connectivity index (χ2n) is 4.50. The van der Waals surface area contributed by atoms with Crippen LogP contribution in [0.25, 0.3) is 0 Å². The molecule has 1 heterocycles. The molecule has 0 fully saturated rings. The Hall–Kier alpha value is -1.03. The fraction of sp³-hybridized carbons (Fsp3) is 0.500. The molecule has 1 aliphatic heterocycles. The Bertz CT molecular complexity index is 457. The van der Waals surface area contributed by atoms with E-state index in [1.165, 1.54) is 0 Å². The molecule has 0 saturated heterocycles. The van der Waals surface area contributed by atoms with Crippen molar-refractivity contribution in [2.75, 3.05) is 13.2 Å². The minimum Gasteiger partial charge on any atom is -0.490 e. The highest BCUT2D eigenvalue weighted by atomic mass is 79.9. The van der Waals surface area contributed by atoms with Crippen molar-refractivity contribution >= 4 is 21.7 Å². The number of ether oxygens (including phenoxy) is 2. The molecule has 0 N–H and O–H groups in total. The molecular weight excluding hydrogens is 296 g/mol. The van der Waals surface area contributed by atoms with E-state index in [0.29, 0.717) is 30.3 Å². The molecule has 0 saturated carbocycles. The average molecular weight is 313 g/mol. The molecule has 0 spiro atoms. The SMILES string of the molecule is CCC(C)C(=O)c1cc2c(cc1Br)OCCCO2. The summed E-state index contributed by atoms with van der Waals surface area (Å²) in [4.78, 5) is 12.2. The van der Waals surface area contributed by atoms with Gasteiger partial charge in [0.25, 0.3) is 0 Å². The van der Waals surface area contributed by atoms with Gasteiger partial charge in [-0.1, -0.05) is 13.8 Å². The van der Waals surface area contributed by atoms with E-state index in [-0.39, 0.29) is 11.7 Å². The Labute approximate surface area is 116 Å². The first kappa shape index (κ1) is 13.4. The van der Waals surface area contributed by atoms with E-state index in [2.05, 4.69) is 15.9 Å². The summed E-state index contributed by atoms with van der Waals surface area (Å²) >= 11 is 3.44. The molecule has 2 rings (SSSR count). The van der Waals surface area contributed by atoms with E-state index in [4.69, 9.17) is 9.47 Å². The molecular formula is C14H17BrO3. The van der Waals surface area contributed by atoms with Gasteiger partial charge in [-0.2, -0.15) is 0 Å². The van der Waals surface area contributed by atoms with Crippen molar-refractivity contribution in [2.24, 2.45) is 5.92 Å². The number of fused-ring (bicyclic) bond motifs is 1. The van der Waals surface area contributed by atoms with Crippen molar-refractivity contribution in [3.63, 3.8) is 0 Å². The minimum absolute atomic E-state index is 0.0195. The summed E-state index contributed by atoms with van der Waals surface area (Å²) in [5.74, 6) is 1.54. The van der Waals surface area contributed by atoms with Crippen molar-refractivity contribution in [1.29, 1.82) is 0 Å². The van der Waals surface area contributed by atoms with Crippen LogP contribution < -0.4 is 9.47 Å². The molecule has 1 aromatic carbocycles. The van der Waals surface area contributed by atoms with Crippen LogP contribution in [0.1, 0.15) is 37.0 Å². The van der Waals surface area contributed by atoms with Gasteiger partial charge in [-0.15, -0.1) is 0 Å². The summed E-state index contributed by atoms with van der Waals surface area (Å²) in [6, 6.07) is 3.62. The summed E-state index contributed by atoms with van der Waals surface area (Å²) in [6.07, 6.45) is 1.70. The topological polar surface area (TPSA) is 35.5 Å². The zero-order valence-electron chi connectivity index (χ0n) is 10.7. The molecule has 4 heteroatoms. The number of hydrogen-bond acceptors (Lipinski definition) is 3. The van der Waals surface area contributed by atoms with Crippen molar-refractivity contribution in [2.45, 2.75) is 26.7 Å². The number of Topliss-reactive ketones (excluding diaryl/α,β-unsaturated/α-hetero) is 1. The third kappa shape index (κ3) is 2.69. The van der Waals surface area contributed by atoms with E-state index < -0.39 is 0 Å². The molecule has 98 valence electrons. The van der Waals surface area contributed by atoms with Crippen LogP contribution in [-0.2, 0) is 0 Å². The van der Waals surface area contributed by atoms with Gasteiger partial charge in [0.15, 0.2) is 17.3 Å². The molecule has 1 unspecified atom stereocenters. The largest absolute Gasteiger partial charge is 0.490 e. The van der Waals surface area contributed by atoms with E-state index in [1.54, 1.807) is 6.07 Å². The van der Waals surface area contributed by atoms with Gasteiger partial charge in [0.2, 0.25) is 0 Å². The molecule has 1 aliphatic rings. The quantitative estimate of drug-likeness (QED) is 0.795. The first-order valence-electron chi connectivity index (χ1n) is 6.26. The van der Waals surface area contributed by atoms with Crippen LogP contribution in [0.4, 0.5) is 0 Å². The maximum absolute atomic E-state index is 12.2. The number of carbonyl (C=O) groups is 1. The molecule has 0 radical (unpaired) electrons. The predicted molar refractivity (Wildman–Crippen MR) is 73.5 cm³/mol. The molecule has 18 heavy (non-hydrogen) atoms. The Morgan fingerprint density at radius 3 is 2.56 bits per heavy atom. The monoisotopic (exact) mass is 312 g/mol. The third-order valence-electron chi connectivity index (χ3n) is 3.16. The lowest BCUT2D eigenvalue weighted by molar-refractivity contribution is 0.0926. The summed E-state index contributed by atoms with van der Waals surface area (Å²) < 4.78 is 12.0. The van der Waals surface area contributed by atoms with E-state index >= 15 is 0 Å². The van der Waals surface area contributed by atoms with Crippen molar-refractivity contribution in [3.05, 3.63) is 22.2 Å². The highest BCUT2D eigenvalue weighted by molar-refractivity contribution is 9.10. The lowest BCUT2D eigenvalue weighted by Crippen LogP contribution is -2.11. The minimum atomic E-state index is 0.0195. The second kappa shape index (κ2) is 5.74. The number of benzene rings is 1. The molecule has 1 atom stereocenters. The van der Waals surface area contributed by atoms with Gasteiger partial charge in [0, 0.05) is 22.4 Å². The van der Waals surface area contributed by atoms with Crippen LogP contribution in [0, 0.1) is 5.92 Å². The first-order chi connectivity index (χ1) is 8.63. The Morgan fingerprint density at radius 1 is 1.33 bits per heavy atom. The maximum atomic E-state index is 12.2. The number of hydrogen-bond donors (Lipinski definition) is 0. The van der Waals surface area contributed by atoms with Crippen LogP contribution in [0.2, 0.25) is 0 Å². The average Bonchev–Trinajstić information content (AvgIpc) is 2.60. The highest BCUT2D eigenvalue weighted by Gasteiger charge is 2.20. The van der Waals surface area contributed by atoms with Crippen LogP contribution >= 0.6 is 15.9 Å². The van der Waals surface area contributed by atoms with Gasteiger partial charge < -0.3 is 9.47 Å². The van der Waals surface area contributed by atoms with Gasteiger partial charge in [-0.3, -0.25) is 4.79 Å². The van der Waals surface area contributed by atoms with Crippen LogP contribution in [0.15, 0.2) is 16.6 Å². The fourth-order valence-electron chi connectivity index (χ4n) is 1.82. The standard InChI is InChI=1S/C14H17BrO3/c1-3-9(2)14(16)10-7-12-13(8-11(10)15)18-6-4-5-17-12/h7-9H,3-6H2,1-2H3. The van der Waals surface area contributed by atoms with Crippen LogP contribution in [0.3, 0.4) is 0 Å². The lowest BCUT2D eigenvalue weighted by atomic mass is 9.97. The molecule has 0 bridgehead atoms. The van der Waals surface area contributed by atoms with E-state index in [1.807, 2.05) is 19.9 Å². The Balaban J connectivity index is 2.37. The van der Waals surface area contributed by atoms with E-state index in [0.717, 1.165) is 17.3 Å². The number of rotatable bonds is 3. The fourth-order valence-corrected chi connectivity index (χ4v) is 2.34. The molecule has 1 aromatic rings. The third-order valence-corrected chi connectivity index (χ3v) is 3.82. The van der Waals surface area contributed by atoms with Gasteiger partial charge in [0.1, 0.15) is 0 Å². The number of halogens is 1. The van der Waals surface area contributed by atoms with Crippen molar-refractivity contribution in [3.8, 4) is 11.5 Å². The summed E-state index contributed by atoms with van der Waals surface area (Å²) in [6.45, 7) is 5.24. The predicted octanol–water partition coefficient (Wildman–Crippen LogP) is 3.84. The lowest BCUT2D eigenvalue weighted by Gasteiger charge is -2.13. The molecule has 0 aromatic heterocycles. The molecule has 0 aliphatic carbocycles. The Morgan fingerprint density at radius 2 is 1.94 bits per heavy atom. The summed E-state index contributed by atoms with van der Waals surface area (Å²) in [5.41, 5.74) is 0.675. The van der Waals surface area contributed by atoms with Crippen molar-refractivity contribution < 1.29 is 14.3 Å². The summed E-state index contributed by atoms with van der Waals surface area (Å²) in [5, 5.41) is 0. The number of carbonyl (C=O) groups excluding carboxylic acids is 1. The smallest absolute Gasteiger partial charge is 0.166 e. The van der Waals surface area contributed by atoms with Gasteiger partial charge in [0.05, 0.1) is 13.2 Å². The molecule has 0 amide bonds. The van der Waals surface area contributed by atoms with Crippen molar-refractivity contribution in [1.82, 2.24) is 0 Å².